The van der Waals surface area contributed by atoms with Crippen LogP contribution < -0.4 is 5.32 Å². The van der Waals surface area contributed by atoms with Crippen LogP contribution in [0.1, 0.15) is 40.1 Å². The van der Waals surface area contributed by atoms with Crippen LogP contribution in [0.2, 0.25) is 0 Å². The molecule has 0 aliphatic carbocycles. The van der Waals surface area contributed by atoms with E-state index in [4.69, 9.17) is 4.74 Å². The van der Waals surface area contributed by atoms with Crippen molar-refractivity contribution in [3.8, 4) is 0 Å². The number of ketones is 1. The highest BCUT2D eigenvalue weighted by Gasteiger charge is 2.24. The average molecular weight is 418 g/mol. The van der Waals surface area contributed by atoms with Gasteiger partial charge in [-0.2, -0.15) is 0 Å². The van der Waals surface area contributed by atoms with Gasteiger partial charge < -0.3 is 10.1 Å². The molecular weight excluding hydrogens is 398 g/mol. The summed E-state index contributed by atoms with van der Waals surface area (Å²) in [5.74, 6) is -1.34. The fraction of sp³-hybridized carbons (Fsp3) is 0.250. The number of esters is 1. The van der Waals surface area contributed by atoms with Gasteiger partial charge in [0.2, 0.25) is 5.78 Å². The molecule has 1 N–H and O–H groups in total. The summed E-state index contributed by atoms with van der Waals surface area (Å²) < 4.78 is 6.06. The van der Waals surface area contributed by atoms with Crippen LogP contribution in [0, 0.1) is 6.92 Å². The molecule has 6 heteroatoms. The standard InChI is InChI=1S/C20H20BrNO4/c1-12-4-6-15(7-5-12)18(23)14(3)26-20(25)13(2)22-19(24)16-8-10-17(21)11-9-16/h4-11,13-14H,1-3H3,(H,22,24)/t13-,14-/m0/s1. The van der Waals surface area contributed by atoms with Crippen molar-refractivity contribution in [2.24, 2.45) is 0 Å². The van der Waals surface area contributed by atoms with Gasteiger partial charge in [0, 0.05) is 15.6 Å². The second-order valence-electron chi connectivity index (χ2n) is 6.01. The van der Waals surface area contributed by atoms with Crippen molar-refractivity contribution in [2.75, 3.05) is 0 Å². The number of Topliss-reactive ketones (excluding diaryl/α,β-unsaturated/α-hetero) is 1. The molecule has 0 aromatic heterocycles. The lowest BCUT2D eigenvalue weighted by molar-refractivity contribution is -0.148. The van der Waals surface area contributed by atoms with Gasteiger partial charge in [0.15, 0.2) is 6.10 Å². The van der Waals surface area contributed by atoms with Crippen molar-refractivity contribution in [1.82, 2.24) is 5.32 Å². The molecule has 26 heavy (non-hydrogen) atoms. The number of hydrogen-bond donors (Lipinski definition) is 1. The molecule has 0 unspecified atom stereocenters. The molecule has 0 saturated carbocycles. The Labute approximate surface area is 160 Å². The summed E-state index contributed by atoms with van der Waals surface area (Å²) in [4.78, 5) is 36.6. The van der Waals surface area contributed by atoms with E-state index in [1.807, 2.05) is 19.1 Å². The van der Waals surface area contributed by atoms with E-state index in [-0.39, 0.29) is 11.7 Å². The zero-order valence-electron chi connectivity index (χ0n) is 14.8. The summed E-state index contributed by atoms with van der Waals surface area (Å²) >= 11 is 3.29. The average Bonchev–Trinajstić information content (AvgIpc) is 2.62. The van der Waals surface area contributed by atoms with Gasteiger partial charge in [0.1, 0.15) is 6.04 Å². The third-order valence-corrected chi connectivity index (χ3v) is 4.33. The quantitative estimate of drug-likeness (QED) is 0.574. The van der Waals surface area contributed by atoms with Gasteiger partial charge in [-0.15, -0.1) is 0 Å². The van der Waals surface area contributed by atoms with Gasteiger partial charge in [0.05, 0.1) is 0 Å². The molecule has 2 rings (SSSR count). The van der Waals surface area contributed by atoms with Crippen LogP contribution in [0.15, 0.2) is 53.0 Å². The smallest absolute Gasteiger partial charge is 0.329 e. The van der Waals surface area contributed by atoms with Gasteiger partial charge in [-0.1, -0.05) is 45.8 Å². The molecule has 136 valence electrons. The number of halogens is 1. The summed E-state index contributed by atoms with van der Waals surface area (Å²) in [6, 6.07) is 12.9. The second kappa shape index (κ2) is 8.76. The Hall–Kier alpha value is -2.47. The Morgan fingerprint density at radius 2 is 1.46 bits per heavy atom. The summed E-state index contributed by atoms with van der Waals surface area (Å²) in [5.41, 5.74) is 1.94. The van der Waals surface area contributed by atoms with Gasteiger partial charge >= 0.3 is 5.97 Å². The van der Waals surface area contributed by atoms with Crippen LogP contribution in [-0.4, -0.2) is 29.8 Å². The first-order chi connectivity index (χ1) is 12.3. The molecule has 1 amide bonds. The molecule has 2 atom stereocenters. The molecule has 0 aliphatic heterocycles. The number of amides is 1. The van der Waals surface area contributed by atoms with Gasteiger partial charge in [-0.05, 0) is 45.0 Å². The Balaban J connectivity index is 1.93. The minimum absolute atomic E-state index is 0.287. The number of aryl methyl sites for hydroxylation is 1. The fourth-order valence-electron chi connectivity index (χ4n) is 2.22. The summed E-state index contributed by atoms with van der Waals surface area (Å²) in [7, 11) is 0. The van der Waals surface area contributed by atoms with Crippen LogP contribution >= 0.6 is 15.9 Å². The summed E-state index contributed by atoms with van der Waals surface area (Å²) in [6.45, 7) is 4.96. The predicted molar refractivity (Wildman–Crippen MR) is 102 cm³/mol. The molecule has 0 bridgehead atoms. The monoisotopic (exact) mass is 417 g/mol. The van der Waals surface area contributed by atoms with E-state index in [0.29, 0.717) is 11.1 Å². The maximum atomic E-state index is 12.3. The topological polar surface area (TPSA) is 72.5 Å². The van der Waals surface area contributed by atoms with Crippen molar-refractivity contribution >= 4 is 33.6 Å². The second-order valence-corrected chi connectivity index (χ2v) is 6.93. The number of ether oxygens (including phenoxy) is 1. The lowest BCUT2D eigenvalue weighted by Crippen LogP contribution is -2.41. The number of nitrogens with one attached hydrogen (secondary N) is 1. The lowest BCUT2D eigenvalue weighted by Gasteiger charge is -2.17. The number of benzene rings is 2. The minimum Gasteiger partial charge on any atom is -0.453 e. The van der Waals surface area contributed by atoms with E-state index in [0.717, 1.165) is 10.0 Å². The van der Waals surface area contributed by atoms with Crippen LogP contribution in [0.4, 0.5) is 0 Å². The molecule has 0 aliphatic rings. The molecule has 0 saturated heterocycles. The highest BCUT2D eigenvalue weighted by atomic mass is 79.9. The van der Waals surface area contributed by atoms with Crippen LogP contribution in [0.25, 0.3) is 0 Å². The Morgan fingerprint density at radius 1 is 0.923 bits per heavy atom. The fourth-order valence-corrected chi connectivity index (χ4v) is 2.49. The van der Waals surface area contributed by atoms with Gasteiger partial charge in [-0.3, -0.25) is 9.59 Å². The molecule has 0 heterocycles. The van der Waals surface area contributed by atoms with E-state index >= 15 is 0 Å². The van der Waals surface area contributed by atoms with Crippen molar-refractivity contribution < 1.29 is 19.1 Å². The first-order valence-corrected chi connectivity index (χ1v) is 8.95. The number of rotatable bonds is 6. The largest absolute Gasteiger partial charge is 0.453 e. The van der Waals surface area contributed by atoms with Crippen LogP contribution in [0.3, 0.4) is 0 Å². The zero-order valence-corrected chi connectivity index (χ0v) is 16.4. The first-order valence-electron chi connectivity index (χ1n) is 8.15. The normalized spacial score (nSPS) is 12.8. The van der Waals surface area contributed by atoms with Crippen LogP contribution in [-0.2, 0) is 9.53 Å². The van der Waals surface area contributed by atoms with Gasteiger partial charge in [0.25, 0.3) is 5.91 Å². The van der Waals surface area contributed by atoms with E-state index in [9.17, 15) is 14.4 Å². The summed E-state index contributed by atoms with van der Waals surface area (Å²) in [5, 5.41) is 2.57. The van der Waals surface area contributed by atoms with Crippen molar-refractivity contribution in [3.63, 3.8) is 0 Å². The first kappa shape index (κ1) is 19.8. The van der Waals surface area contributed by atoms with Crippen molar-refractivity contribution in [2.45, 2.75) is 32.9 Å². The minimum atomic E-state index is -0.933. The van der Waals surface area contributed by atoms with Crippen LogP contribution in [0.5, 0.6) is 0 Å². The van der Waals surface area contributed by atoms with Crippen molar-refractivity contribution in [1.29, 1.82) is 0 Å². The maximum absolute atomic E-state index is 12.3. The lowest BCUT2D eigenvalue weighted by atomic mass is 10.1. The van der Waals surface area contributed by atoms with E-state index < -0.39 is 18.1 Å². The zero-order chi connectivity index (χ0) is 19.3. The molecular formula is C20H20BrNO4. The molecule has 5 nitrogen and oxygen atoms in total. The predicted octanol–water partition coefficient (Wildman–Crippen LogP) is 3.69. The summed E-state index contributed by atoms with van der Waals surface area (Å²) in [6.07, 6.45) is -0.933. The van der Waals surface area contributed by atoms with Crippen molar-refractivity contribution in [3.05, 3.63) is 69.7 Å². The number of carbonyl (C=O) groups is 3. The van der Waals surface area contributed by atoms with E-state index in [1.54, 1.807) is 36.4 Å². The number of hydrogen-bond acceptors (Lipinski definition) is 4. The SMILES string of the molecule is Cc1ccc(C(=O)[C@H](C)OC(=O)[C@H](C)NC(=O)c2ccc(Br)cc2)cc1. The maximum Gasteiger partial charge on any atom is 0.329 e. The highest BCUT2D eigenvalue weighted by molar-refractivity contribution is 9.10. The Bertz CT molecular complexity index is 800. The Kier molecular flexibility index (Phi) is 6.69. The third kappa shape index (κ3) is 5.26. The molecule has 2 aromatic rings. The number of carbonyl (C=O) groups excluding carboxylic acids is 3. The Morgan fingerprint density at radius 3 is 2.04 bits per heavy atom. The van der Waals surface area contributed by atoms with E-state index in [1.165, 1.54) is 13.8 Å². The molecule has 0 radical (unpaired) electrons. The highest BCUT2D eigenvalue weighted by Crippen LogP contribution is 2.11. The molecule has 0 spiro atoms. The van der Waals surface area contributed by atoms with Gasteiger partial charge in [-0.25, -0.2) is 4.79 Å². The third-order valence-electron chi connectivity index (χ3n) is 3.81. The molecule has 0 fully saturated rings. The van der Waals surface area contributed by atoms with E-state index in [2.05, 4.69) is 21.2 Å². The molecule has 2 aromatic carbocycles.